The Hall–Kier alpha value is -1.08. The lowest BCUT2D eigenvalue weighted by molar-refractivity contribution is 0.647. The molecule has 0 saturated carbocycles. The minimum absolute atomic E-state index is 0.632. The van der Waals surface area contributed by atoms with Crippen LogP contribution in [0.4, 0.5) is 0 Å². The van der Waals surface area contributed by atoms with Crippen molar-refractivity contribution in [3.8, 4) is 0 Å². The molecule has 0 amide bonds. The van der Waals surface area contributed by atoms with Gasteiger partial charge in [0.25, 0.3) is 0 Å². The Balaban J connectivity index is 0.000000200. The van der Waals surface area contributed by atoms with Gasteiger partial charge in [0.2, 0.25) is 0 Å². The van der Waals surface area contributed by atoms with Crippen LogP contribution in [0.3, 0.4) is 0 Å². The van der Waals surface area contributed by atoms with Crippen LogP contribution >= 0.6 is 15.9 Å². The second-order valence-electron chi connectivity index (χ2n) is 5.79. The van der Waals surface area contributed by atoms with Gasteiger partial charge in [0.05, 0.1) is 0 Å². The first kappa shape index (κ1) is 17.0. The Labute approximate surface area is 132 Å². The SMILES string of the molecule is CC(C)Cc1ccccc1.CC(C)c1ccc(Br)cc1. The molecule has 2 rings (SSSR count). The van der Waals surface area contributed by atoms with Crippen LogP contribution in [0.2, 0.25) is 0 Å². The first-order valence-corrected chi connectivity index (χ1v) is 8.07. The summed E-state index contributed by atoms with van der Waals surface area (Å²) >= 11 is 3.39. The van der Waals surface area contributed by atoms with Gasteiger partial charge in [0.1, 0.15) is 0 Å². The van der Waals surface area contributed by atoms with Crippen LogP contribution in [0.5, 0.6) is 0 Å². The fraction of sp³-hybridized carbons (Fsp3) is 0.368. The van der Waals surface area contributed by atoms with Gasteiger partial charge in [-0.05, 0) is 41.5 Å². The first-order chi connectivity index (χ1) is 9.49. The van der Waals surface area contributed by atoms with E-state index in [4.69, 9.17) is 0 Å². The van der Waals surface area contributed by atoms with Crippen molar-refractivity contribution in [1.82, 2.24) is 0 Å². The predicted molar refractivity (Wildman–Crippen MR) is 93.2 cm³/mol. The average molecular weight is 333 g/mol. The highest BCUT2D eigenvalue weighted by Crippen LogP contribution is 2.17. The summed E-state index contributed by atoms with van der Waals surface area (Å²) in [6.45, 7) is 8.88. The zero-order valence-electron chi connectivity index (χ0n) is 12.9. The highest BCUT2D eigenvalue weighted by atomic mass is 79.9. The lowest BCUT2D eigenvalue weighted by Gasteiger charge is -2.03. The molecule has 2 aromatic rings. The van der Waals surface area contributed by atoms with Crippen molar-refractivity contribution < 1.29 is 0 Å². The molecule has 0 aliphatic carbocycles. The second kappa shape index (κ2) is 8.97. The summed E-state index contributed by atoms with van der Waals surface area (Å²) in [6, 6.07) is 19.1. The van der Waals surface area contributed by atoms with Gasteiger partial charge in [-0.1, -0.05) is 86.1 Å². The molecule has 0 aliphatic heterocycles. The molecule has 0 heterocycles. The molecule has 20 heavy (non-hydrogen) atoms. The van der Waals surface area contributed by atoms with Crippen LogP contribution in [0.15, 0.2) is 59.1 Å². The maximum Gasteiger partial charge on any atom is 0.0175 e. The summed E-state index contributed by atoms with van der Waals surface area (Å²) in [5, 5.41) is 0. The van der Waals surface area contributed by atoms with Crippen LogP contribution in [0.25, 0.3) is 0 Å². The van der Waals surface area contributed by atoms with Gasteiger partial charge in [-0.2, -0.15) is 0 Å². The summed E-state index contributed by atoms with van der Waals surface area (Å²) in [6.07, 6.45) is 1.20. The van der Waals surface area contributed by atoms with Crippen LogP contribution in [0.1, 0.15) is 44.7 Å². The number of rotatable bonds is 3. The Morgan fingerprint density at radius 1 is 0.800 bits per heavy atom. The van der Waals surface area contributed by atoms with E-state index in [9.17, 15) is 0 Å². The van der Waals surface area contributed by atoms with Crippen molar-refractivity contribution in [2.24, 2.45) is 5.92 Å². The summed E-state index contributed by atoms with van der Waals surface area (Å²) in [4.78, 5) is 0. The van der Waals surface area contributed by atoms with E-state index in [2.05, 4.69) is 98.2 Å². The quantitative estimate of drug-likeness (QED) is 0.605. The summed E-state index contributed by atoms with van der Waals surface area (Å²) in [5.41, 5.74) is 2.83. The third kappa shape index (κ3) is 6.91. The Bertz CT molecular complexity index is 469. The lowest BCUT2D eigenvalue weighted by atomic mass is 10.0. The van der Waals surface area contributed by atoms with Gasteiger partial charge in [-0.15, -0.1) is 0 Å². The molecule has 0 N–H and O–H groups in total. The van der Waals surface area contributed by atoms with Gasteiger partial charge in [-0.3, -0.25) is 0 Å². The molecule has 0 aromatic heterocycles. The molecular formula is C19H25Br. The molecule has 108 valence electrons. The van der Waals surface area contributed by atoms with E-state index < -0.39 is 0 Å². The van der Waals surface area contributed by atoms with Gasteiger partial charge in [-0.25, -0.2) is 0 Å². The van der Waals surface area contributed by atoms with Gasteiger partial charge >= 0.3 is 0 Å². The maximum atomic E-state index is 3.39. The molecule has 0 fully saturated rings. The van der Waals surface area contributed by atoms with Gasteiger partial charge in [0.15, 0.2) is 0 Å². The van der Waals surface area contributed by atoms with Crippen LogP contribution in [0, 0.1) is 5.92 Å². The molecule has 2 aromatic carbocycles. The van der Waals surface area contributed by atoms with E-state index in [1.165, 1.54) is 17.5 Å². The van der Waals surface area contributed by atoms with Crippen molar-refractivity contribution >= 4 is 15.9 Å². The standard InChI is InChI=1S/C10H14.C9H11Br/c1-9(2)8-10-6-4-3-5-7-10;1-7(2)8-3-5-9(10)6-4-8/h3-7,9H,8H2,1-2H3;3-7H,1-2H3. The molecule has 0 spiro atoms. The van der Waals surface area contributed by atoms with Crippen molar-refractivity contribution in [2.45, 2.75) is 40.0 Å². The van der Waals surface area contributed by atoms with E-state index in [0.717, 1.165) is 10.4 Å². The Kier molecular flexibility index (Phi) is 7.61. The van der Waals surface area contributed by atoms with Crippen molar-refractivity contribution in [3.63, 3.8) is 0 Å². The molecule has 0 radical (unpaired) electrons. The maximum absolute atomic E-state index is 3.39. The molecule has 0 unspecified atom stereocenters. The lowest BCUT2D eigenvalue weighted by Crippen LogP contribution is -1.92. The minimum Gasteiger partial charge on any atom is -0.0625 e. The molecule has 0 aliphatic rings. The molecule has 0 bridgehead atoms. The normalized spacial score (nSPS) is 10.3. The van der Waals surface area contributed by atoms with Crippen LogP contribution < -0.4 is 0 Å². The topological polar surface area (TPSA) is 0 Å². The first-order valence-electron chi connectivity index (χ1n) is 7.28. The average Bonchev–Trinajstić information content (AvgIpc) is 2.40. The number of halogens is 1. The zero-order chi connectivity index (χ0) is 15.0. The van der Waals surface area contributed by atoms with E-state index in [-0.39, 0.29) is 0 Å². The minimum atomic E-state index is 0.632. The fourth-order valence-corrected chi connectivity index (χ4v) is 2.20. The highest BCUT2D eigenvalue weighted by molar-refractivity contribution is 9.10. The van der Waals surface area contributed by atoms with Crippen molar-refractivity contribution in [3.05, 3.63) is 70.2 Å². The second-order valence-corrected chi connectivity index (χ2v) is 6.71. The third-order valence-corrected chi connectivity index (χ3v) is 3.55. The molecule has 0 nitrogen and oxygen atoms in total. The van der Waals surface area contributed by atoms with E-state index >= 15 is 0 Å². The molecule has 0 atom stereocenters. The third-order valence-electron chi connectivity index (χ3n) is 3.02. The summed E-state index contributed by atoms with van der Waals surface area (Å²) < 4.78 is 1.15. The number of benzene rings is 2. The van der Waals surface area contributed by atoms with Gasteiger partial charge < -0.3 is 0 Å². The van der Waals surface area contributed by atoms with E-state index in [0.29, 0.717) is 5.92 Å². The number of hydrogen-bond acceptors (Lipinski definition) is 0. The monoisotopic (exact) mass is 332 g/mol. The van der Waals surface area contributed by atoms with Gasteiger partial charge in [0, 0.05) is 4.47 Å². The summed E-state index contributed by atoms with van der Waals surface area (Å²) in [7, 11) is 0. The predicted octanol–water partition coefficient (Wildman–Crippen LogP) is 6.46. The molecule has 0 saturated heterocycles. The molecular weight excluding hydrogens is 308 g/mol. The van der Waals surface area contributed by atoms with Crippen molar-refractivity contribution in [1.29, 1.82) is 0 Å². The van der Waals surface area contributed by atoms with E-state index in [1.54, 1.807) is 0 Å². The van der Waals surface area contributed by atoms with Crippen LogP contribution in [-0.4, -0.2) is 0 Å². The Morgan fingerprint density at radius 2 is 1.35 bits per heavy atom. The molecule has 1 heteroatoms. The zero-order valence-corrected chi connectivity index (χ0v) is 14.5. The number of hydrogen-bond donors (Lipinski definition) is 0. The van der Waals surface area contributed by atoms with Crippen LogP contribution in [-0.2, 0) is 6.42 Å². The largest absolute Gasteiger partial charge is 0.0625 e. The highest BCUT2D eigenvalue weighted by Gasteiger charge is 1.96. The fourth-order valence-electron chi connectivity index (χ4n) is 1.93. The Morgan fingerprint density at radius 3 is 1.80 bits per heavy atom. The smallest absolute Gasteiger partial charge is 0.0175 e. The van der Waals surface area contributed by atoms with Crippen molar-refractivity contribution in [2.75, 3.05) is 0 Å². The van der Waals surface area contributed by atoms with E-state index in [1.807, 2.05) is 0 Å². The summed E-state index contributed by atoms with van der Waals surface area (Å²) in [5.74, 6) is 1.40.